The Morgan fingerprint density at radius 2 is 1.72 bits per heavy atom. The smallest absolute Gasteiger partial charge is 0.219 e. The first-order valence-corrected chi connectivity index (χ1v) is 9.77. The quantitative estimate of drug-likeness (QED) is 0.844. The van der Waals surface area contributed by atoms with E-state index in [9.17, 15) is 4.79 Å². The number of nitrogens with zero attached hydrogens (tertiary/aromatic N) is 3. The molecule has 0 radical (unpaired) electrons. The third-order valence-corrected chi connectivity index (χ3v) is 6.19. The summed E-state index contributed by atoms with van der Waals surface area (Å²) in [5, 5.41) is 0. The van der Waals surface area contributed by atoms with Gasteiger partial charge in [0.25, 0.3) is 0 Å². The zero-order valence-electron chi connectivity index (χ0n) is 16.2. The Labute approximate surface area is 152 Å². The molecule has 1 amide bonds. The molecule has 2 fully saturated rings. The van der Waals surface area contributed by atoms with E-state index in [1.54, 1.807) is 6.92 Å². The Hall–Kier alpha value is -1.39. The highest BCUT2D eigenvalue weighted by Crippen LogP contribution is 2.27. The summed E-state index contributed by atoms with van der Waals surface area (Å²) in [6.07, 6.45) is 2.25. The minimum absolute atomic E-state index is 0.226. The van der Waals surface area contributed by atoms with Crippen LogP contribution in [0.5, 0.6) is 0 Å². The number of rotatable bonds is 3. The lowest BCUT2D eigenvalue weighted by Crippen LogP contribution is -2.57. The third-order valence-electron chi connectivity index (χ3n) is 6.19. The molecule has 25 heavy (non-hydrogen) atoms. The van der Waals surface area contributed by atoms with Gasteiger partial charge in [0, 0.05) is 57.8 Å². The molecule has 0 spiro atoms. The molecule has 2 atom stereocenters. The highest BCUT2D eigenvalue weighted by atomic mass is 16.2. The van der Waals surface area contributed by atoms with Gasteiger partial charge < -0.3 is 4.90 Å². The number of aryl methyl sites for hydroxylation is 1. The number of carbonyl (C=O) groups is 1. The monoisotopic (exact) mass is 343 g/mol. The molecule has 0 unspecified atom stereocenters. The Bertz CT molecular complexity index is 577. The molecule has 138 valence electrons. The molecule has 1 aromatic rings. The van der Waals surface area contributed by atoms with Crippen LogP contribution in [0.25, 0.3) is 0 Å². The minimum atomic E-state index is 0.226. The van der Waals surface area contributed by atoms with Gasteiger partial charge in [-0.15, -0.1) is 0 Å². The number of piperazine rings is 1. The summed E-state index contributed by atoms with van der Waals surface area (Å²) in [6, 6.07) is 10.7. The van der Waals surface area contributed by atoms with E-state index >= 15 is 0 Å². The maximum Gasteiger partial charge on any atom is 0.219 e. The van der Waals surface area contributed by atoms with E-state index in [0.29, 0.717) is 18.1 Å². The standard InChI is InChI=1S/C21H33N3O/c1-16-5-7-20(8-6-16)18(3)24-14-13-23(15-17(24)2)21-9-11-22(12-10-21)19(4)25/h5-8,17-18,21H,9-15H2,1-4H3/t17-,18-/m0/s1. The minimum Gasteiger partial charge on any atom is -0.343 e. The number of amides is 1. The lowest BCUT2D eigenvalue weighted by molar-refractivity contribution is -0.130. The van der Waals surface area contributed by atoms with Gasteiger partial charge in [-0.1, -0.05) is 29.8 Å². The van der Waals surface area contributed by atoms with E-state index in [4.69, 9.17) is 0 Å². The summed E-state index contributed by atoms with van der Waals surface area (Å²) >= 11 is 0. The second-order valence-corrected chi connectivity index (χ2v) is 7.91. The fourth-order valence-corrected chi connectivity index (χ4v) is 4.49. The first-order chi connectivity index (χ1) is 12.0. The fraction of sp³-hybridized carbons (Fsp3) is 0.667. The summed E-state index contributed by atoms with van der Waals surface area (Å²) in [6.45, 7) is 13.8. The zero-order chi connectivity index (χ0) is 18.0. The predicted octanol–water partition coefficient (Wildman–Crippen LogP) is 3.07. The van der Waals surface area contributed by atoms with Crippen LogP contribution in [0.4, 0.5) is 0 Å². The molecule has 1 aromatic carbocycles. The van der Waals surface area contributed by atoms with Crippen LogP contribution in [-0.4, -0.2) is 65.4 Å². The van der Waals surface area contributed by atoms with Crippen LogP contribution >= 0.6 is 0 Å². The molecule has 2 saturated heterocycles. The first kappa shape index (κ1) is 18.4. The fourth-order valence-electron chi connectivity index (χ4n) is 4.49. The highest BCUT2D eigenvalue weighted by Gasteiger charge is 2.33. The van der Waals surface area contributed by atoms with Gasteiger partial charge in [-0.25, -0.2) is 0 Å². The molecule has 2 aliphatic heterocycles. The normalized spacial score (nSPS) is 25.1. The van der Waals surface area contributed by atoms with Crippen molar-refractivity contribution in [3.8, 4) is 0 Å². The van der Waals surface area contributed by atoms with Crippen molar-refractivity contribution in [2.75, 3.05) is 32.7 Å². The van der Waals surface area contributed by atoms with Gasteiger partial charge in [-0.05, 0) is 39.2 Å². The van der Waals surface area contributed by atoms with Crippen LogP contribution in [0, 0.1) is 6.92 Å². The van der Waals surface area contributed by atoms with Gasteiger partial charge in [-0.3, -0.25) is 14.6 Å². The lowest BCUT2D eigenvalue weighted by Gasteiger charge is -2.47. The van der Waals surface area contributed by atoms with Crippen LogP contribution in [0.2, 0.25) is 0 Å². The number of hydrogen-bond acceptors (Lipinski definition) is 3. The summed E-state index contributed by atoms with van der Waals surface area (Å²) in [5.41, 5.74) is 2.74. The van der Waals surface area contributed by atoms with Gasteiger partial charge in [0.05, 0.1) is 0 Å². The SMILES string of the molecule is CC(=O)N1CCC(N2CCN([C@@H](C)c3ccc(C)cc3)[C@@H](C)C2)CC1. The van der Waals surface area contributed by atoms with Crippen molar-refractivity contribution < 1.29 is 4.79 Å². The number of piperidine rings is 1. The largest absolute Gasteiger partial charge is 0.343 e. The third kappa shape index (κ3) is 4.24. The van der Waals surface area contributed by atoms with Gasteiger partial charge in [0.15, 0.2) is 0 Å². The molecular formula is C21H33N3O. The van der Waals surface area contributed by atoms with Gasteiger partial charge >= 0.3 is 0 Å². The van der Waals surface area contributed by atoms with E-state index in [2.05, 4.69) is 54.8 Å². The molecule has 2 heterocycles. The van der Waals surface area contributed by atoms with Crippen molar-refractivity contribution in [3.63, 3.8) is 0 Å². The predicted molar refractivity (Wildman–Crippen MR) is 103 cm³/mol. The van der Waals surface area contributed by atoms with E-state index in [0.717, 1.165) is 45.6 Å². The average Bonchev–Trinajstić information content (AvgIpc) is 2.62. The van der Waals surface area contributed by atoms with Crippen molar-refractivity contribution in [2.45, 2.75) is 58.7 Å². The molecule has 2 aliphatic rings. The Kier molecular flexibility index (Phi) is 5.80. The Morgan fingerprint density at radius 3 is 2.28 bits per heavy atom. The zero-order valence-corrected chi connectivity index (χ0v) is 16.2. The first-order valence-electron chi connectivity index (χ1n) is 9.77. The molecule has 0 aliphatic carbocycles. The molecule has 4 heteroatoms. The van der Waals surface area contributed by atoms with Crippen LogP contribution in [0.15, 0.2) is 24.3 Å². The molecule has 0 aromatic heterocycles. The van der Waals surface area contributed by atoms with Gasteiger partial charge in [0.1, 0.15) is 0 Å². The summed E-state index contributed by atoms with van der Waals surface area (Å²) < 4.78 is 0. The topological polar surface area (TPSA) is 26.8 Å². The lowest BCUT2D eigenvalue weighted by atomic mass is 9.98. The second kappa shape index (κ2) is 7.88. The maximum absolute atomic E-state index is 11.5. The second-order valence-electron chi connectivity index (χ2n) is 7.91. The van der Waals surface area contributed by atoms with Crippen molar-refractivity contribution in [1.29, 1.82) is 0 Å². The number of carbonyl (C=O) groups excluding carboxylic acids is 1. The Morgan fingerprint density at radius 1 is 1.08 bits per heavy atom. The molecule has 0 bridgehead atoms. The summed E-state index contributed by atoms with van der Waals surface area (Å²) in [7, 11) is 0. The molecule has 0 N–H and O–H groups in total. The molecule has 4 nitrogen and oxygen atoms in total. The van der Waals surface area contributed by atoms with Crippen LogP contribution < -0.4 is 0 Å². The molecular weight excluding hydrogens is 310 g/mol. The van der Waals surface area contributed by atoms with E-state index in [1.807, 2.05) is 4.90 Å². The van der Waals surface area contributed by atoms with Gasteiger partial charge in [-0.2, -0.15) is 0 Å². The summed E-state index contributed by atoms with van der Waals surface area (Å²) in [5.74, 6) is 0.226. The number of likely N-dealkylation sites (tertiary alicyclic amines) is 1. The van der Waals surface area contributed by atoms with E-state index in [1.165, 1.54) is 11.1 Å². The van der Waals surface area contributed by atoms with Crippen molar-refractivity contribution in [2.24, 2.45) is 0 Å². The number of hydrogen-bond donors (Lipinski definition) is 0. The Balaban J connectivity index is 1.55. The van der Waals surface area contributed by atoms with Crippen LogP contribution in [-0.2, 0) is 4.79 Å². The molecule has 0 saturated carbocycles. The number of benzene rings is 1. The van der Waals surface area contributed by atoms with Crippen molar-refractivity contribution in [1.82, 2.24) is 14.7 Å². The van der Waals surface area contributed by atoms with Crippen LogP contribution in [0.1, 0.15) is 50.8 Å². The summed E-state index contributed by atoms with van der Waals surface area (Å²) in [4.78, 5) is 18.8. The molecule has 3 rings (SSSR count). The van der Waals surface area contributed by atoms with E-state index < -0.39 is 0 Å². The van der Waals surface area contributed by atoms with Crippen molar-refractivity contribution in [3.05, 3.63) is 35.4 Å². The maximum atomic E-state index is 11.5. The van der Waals surface area contributed by atoms with Gasteiger partial charge in [0.2, 0.25) is 5.91 Å². The van der Waals surface area contributed by atoms with E-state index in [-0.39, 0.29) is 5.91 Å². The van der Waals surface area contributed by atoms with Crippen LogP contribution in [0.3, 0.4) is 0 Å². The highest BCUT2D eigenvalue weighted by molar-refractivity contribution is 5.73. The average molecular weight is 344 g/mol. The van der Waals surface area contributed by atoms with Crippen molar-refractivity contribution >= 4 is 5.91 Å².